The summed E-state index contributed by atoms with van der Waals surface area (Å²) in [6.45, 7) is -1.32. The molecular weight excluding hydrogens is 305 g/mol. The molecule has 0 saturated carbocycles. The quantitative estimate of drug-likeness (QED) is 0.727. The highest BCUT2D eigenvalue weighted by Crippen LogP contribution is 2.27. The largest absolute Gasteiger partial charge is 0.484 e. The average Bonchev–Trinajstić information content (AvgIpc) is 2.46. The number of hydrogen-bond acceptors (Lipinski definition) is 2. The molecule has 112 valence electrons. The van der Waals surface area contributed by atoms with Gasteiger partial charge >= 0.3 is 6.18 Å². The highest BCUT2D eigenvalue weighted by molar-refractivity contribution is 6.20. The molecule has 0 heterocycles. The zero-order chi connectivity index (χ0) is 15.3. The highest BCUT2D eigenvalue weighted by atomic mass is 35.5. The van der Waals surface area contributed by atoms with Crippen molar-refractivity contribution in [3.63, 3.8) is 0 Å². The molecule has 0 bridgehead atoms. The minimum absolute atomic E-state index is 0.116. The topological polar surface area (TPSA) is 18.5 Å². The average molecular weight is 317 g/mol. The van der Waals surface area contributed by atoms with Crippen molar-refractivity contribution in [2.75, 3.05) is 6.61 Å². The number of benzene rings is 2. The van der Waals surface area contributed by atoms with Crippen LogP contribution in [0.25, 0.3) is 0 Å². The molecule has 2 aromatic carbocycles. The molecule has 0 aromatic heterocycles. The van der Waals surface area contributed by atoms with E-state index in [1.54, 1.807) is 0 Å². The van der Waals surface area contributed by atoms with Crippen LogP contribution in [0.4, 0.5) is 13.2 Å². The molecule has 1 unspecified atom stereocenters. The SMILES string of the molecule is FC(F)(F)COc1ccc(OC(Cl)c2ccccc2)cc1. The molecule has 0 aliphatic rings. The van der Waals surface area contributed by atoms with Gasteiger partial charge in [-0.3, -0.25) is 0 Å². The van der Waals surface area contributed by atoms with Crippen molar-refractivity contribution in [1.82, 2.24) is 0 Å². The third kappa shape index (κ3) is 5.19. The van der Waals surface area contributed by atoms with E-state index < -0.39 is 18.3 Å². The molecule has 0 saturated heterocycles. The summed E-state index contributed by atoms with van der Waals surface area (Å²) in [5.74, 6) is 0.559. The smallest absolute Gasteiger partial charge is 0.422 e. The van der Waals surface area contributed by atoms with Crippen LogP contribution < -0.4 is 9.47 Å². The first kappa shape index (κ1) is 15.5. The summed E-state index contributed by atoms with van der Waals surface area (Å²) in [6.07, 6.45) is -4.36. The van der Waals surface area contributed by atoms with Gasteiger partial charge in [0.2, 0.25) is 0 Å². The van der Waals surface area contributed by atoms with Crippen LogP contribution in [0.15, 0.2) is 54.6 Å². The lowest BCUT2D eigenvalue weighted by atomic mass is 10.2. The second-order valence-corrected chi connectivity index (χ2v) is 4.62. The Labute approximate surface area is 125 Å². The number of ether oxygens (including phenoxy) is 2. The van der Waals surface area contributed by atoms with Gasteiger partial charge in [-0.15, -0.1) is 0 Å². The van der Waals surface area contributed by atoms with E-state index in [0.717, 1.165) is 5.56 Å². The molecule has 6 heteroatoms. The minimum atomic E-state index is -4.36. The van der Waals surface area contributed by atoms with E-state index in [4.69, 9.17) is 16.3 Å². The monoisotopic (exact) mass is 316 g/mol. The standard InChI is InChI=1S/C15H12ClF3O2/c16-14(11-4-2-1-3-5-11)21-13-8-6-12(7-9-13)20-10-15(17,18)19/h1-9,14H,10H2. The van der Waals surface area contributed by atoms with E-state index in [0.29, 0.717) is 5.75 Å². The highest BCUT2D eigenvalue weighted by Gasteiger charge is 2.28. The third-order valence-electron chi connectivity index (χ3n) is 2.53. The maximum atomic E-state index is 12.0. The zero-order valence-corrected chi connectivity index (χ0v) is 11.6. The molecule has 2 aromatic rings. The summed E-state index contributed by atoms with van der Waals surface area (Å²) in [5.41, 5.74) is 0.115. The second kappa shape index (κ2) is 6.72. The normalized spacial score (nSPS) is 12.8. The van der Waals surface area contributed by atoms with Crippen molar-refractivity contribution < 1.29 is 22.6 Å². The molecule has 2 rings (SSSR count). The summed E-state index contributed by atoms with van der Waals surface area (Å²) in [5, 5.41) is 0. The fourth-order valence-electron chi connectivity index (χ4n) is 1.57. The van der Waals surface area contributed by atoms with Crippen LogP contribution in [0.1, 0.15) is 11.1 Å². The van der Waals surface area contributed by atoms with E-state index in [1.165, 1.54) is 24.3 Å². The van der Waals surface area contributed by atoms with E-state index in [2.05, 4.69) is 4.74 Å². The molecule has 0 amide bonds. The van der Waals surface area contributed by atoms with Gasteiger partial charge in [0.05, 0.1) is 0 Å². The number of rotatable bonds is 5. The zero-order valence-electron chi connectivity index (χ0n) is 10.8. The van der Waals surface area contributed by atoms with E-state index >= 15 is 0 Å². The third-order valence-corrected chi connectivity index (χ3v) is 2.87. The van der Waals surface area contributed by atoms with Crippen LogP contribution >= 0.6 is 11.6 Å². The lowest BCUT2D eigenvalue weighted by molar-refractivity contribution is -0.153. The minimum Gasteiger partial charge on any atom is -0.484 e. The van der Waals surface area contributed by atoms with E-state index in [1.807, 2.05) is 30.3 Å². The van der Waals surface area contributed by atoms with Crippen LogP contribution in [-0.2, 0) is 0 Å². The first-order chi connectivity index (χ1) is 9.94. The van der Waals surface area contributed by atoms with E-state index in [9.17, 15) is 13.2 Å². The van der Waals surface area contributed by atoms with Gasteiger partial charge in [0.1, 0.15) is 11.5 Å². The number of hydrogen-bond donors (Lipinski definition) is 0. The van der Waals surface area contributed by atoms with Crippen molar-refractivity contribution in [3.8, 4) is 11.5 Å². The second-order valence-electron chi connectivity index (χ2n) is 4.22. The Kier molecular flexibility index (Phi) is 4.96. The molecule has 21 heavy (non-hydrogen) atoms. The number of halogens is 4. The van der Waals surface area contributed by atoms with E-state index in [-0.39, 0.29) is 5.75 Å². The molecule has 0 N–H and O–H groups in total. The maximum Gasteiger partial charge on any atom is 0.422 e. The summed E-state index contributed by atoms with van der Waals surface area (Å²) < 4.78 is 46.1. The predicted molar refractivity (Wildman–Crippen MR) is 73.7 cm³/mol. The van der Waals surface area contributed by atoms with Gasteiger partial charge in [-0.1, -0.05) is 41.9 Å². The van der Waals surface area contributed by atoms with Gasteiger partial charge in [0.25, 0.3) is 0 Å². The van der Waals surface area contributed by atoms with Gasteiger partial charge in [-0.2, -0.15) is 13.2 Å². The summed E-state index contributed by atoms with van der Waals surface area (Å²) in [4.78, 5) is 0. The Bertz CT molecular complexity index is 555. The Morgan fingerprint density at radius 1 is 0.905 bits per heavy atom. The van der Waals surface area contributed by atoms with Crippen LogP contribution in [0.2, 0.25) is 0 Å². The first-order valence-corrected chi connectivity index (χ1v) is 6.53. The summed E-state index contributed by atoms with van der Waals surface area (Å²) in [7, 11) is 0. The van der Waals surface area contributed by atoms with Crippen molar-refractivity contribution in [1.29, 1.82) is 0 Å². The molecular formula is C15H12ClF3O2. The lowest BCUT2D eigenvalue weighted by Gasteiger charge is -2.14. The molecule has 1 atom stereocenters. The Hall–Kier alpha value is -1.88. The van der Waals surface area contributed by atoms with Gasteiger partial charge in [-0.05, 0) is 24.3 Å². The van der Waals surface area contributed by atoms with Crippen molar-refractivity contribution in [2.24, 2.45) is 0 Å². The maximum absolute atomic E-state index is 12.0. The fourth-order valence-corrected chi connectivity index (χ4v) is 1.82. The summed E-state index contributed by atoms with van der Waals surface area (Å²) >= 11 is 6.10. The molecule has 0 fully saturated rings. The van der Waals surface area contributed by atoms with Crippen molar-refractivity contribution in [3.05, 3.63) is 60.2 Å². The van der Waals surface area contributed by atoms with Crippen LogP contribution in [0.3, 0.4) is 0 Å². The van der Waals surface area contributed by atoms with Crippen molar-refractivity contribution in [2.45, 2.75) is 11.7 Å². The van der Waals surface area contributed by atoms with Gasteiger partial charge < -0.3 is 9.47 Å². The van der Waals surface area contributed by atoms with Crippen LogP contribution in [0, 0.1) is 0 Å². The fraction of sp³-hybridized carbons (Fsp3) is 0.200. The van der Waals surface area contributed by atoms with Crippen molar-refractivity contribution >= 4 is 11.6 Å². The molecule has 2 nitrogen and oxygen atoms in total. The molecule has 0 spiro atoms. The Morgan fingerprint density at radius 2 is 1.48 bits per heavy atom. The van der Waals surface area contributed by atoms with Crippen LogP contribution in [-0.4, -0.2) is 12.8 Å². The number of alkyl halides is 4. The molecule has 0 radical (unpaired) electrons. The molecule has 0 aliphatic heterocycles. The lowest BCUT2D eigenvalue weighted by Crippen LogP contribution is -2.19. The van der Waals surface area contributed by atoms with Gasteiger partial charge in [-0.25, -0.2) is 0 Å². The summed E-state index contributed by atoms with van der Waals surface area (Å²) in [6, 6.07) is 15.0. The Morgan fingerprint density at radius 3 is 2.05 bits per heavy atom. The first-order valence-electron chi connectivity index (χ1n) is 6.09. The Balaban J connectivity index is 1.93. The predicted octanol–water partition coefficient (Wildman–Crippen LogP) is 4.94. The van der Waals surface area contributed by atoms with Gasteiger partial charge in [0, 0.05) is 5.56 Å². The van der Waals surface area contributed by atoms with Gasteiger partial charge in [0.15, 0.2) is 12.2 Å². The molecule has 0 aliphatic carbocycles. The van der Waals surface area contributed by atoms with Crippen LogP contribution in [0.5, 0.6) is 11.5 Å².